The zero-order chi connectivity index (χ0) is 11.4. The molecule has 1 aromatic rings. The Kier molecular flexibility index (Phi) is 3.77. The molecule has 0 aliphatic carbocycles. The van der Waals surface area contributed by atoms with Crippen LogP contribution in [0.3, 0.4) is 0 Å². The normalized spacial score (nSPS) is 17.4. The number of piperidine rings is 1. The van der Waals surface area contributed by atoms with Crippen molar-refractivity contribution in [3.05, 3.63) is 16.6 Å². The van der Waals surface area contributed by atoms with Gasteiger partial charge in [0, 0.05) is 30.6 Å². The number of aromatic nitrogens is 1. The number of carbonyl (C=O) groups is 1. The Bertz CT molecular complexity index is 332. The summed E-state index contributed by atoms with van der Waals surface area (Å²) in [4.78, 5) is 17.6. The highest BCUT2D eigenvalue weighted by Gasteiger charge is 2.25. The fourth-order valence-electron chi connectivity index (χ4n) is 1.96. The zero-order valence-electron chi connectivity index (χ0n) is 9.39. The molecule has 0 spiro atoms. The van der Waals surface area contributed by atoms with Gasteiger partial charge in [-0.3, -0.25) is 0 Å². The lowest BCUT2D eigenvalue weighted by Crippen LogP contribution is -2.38. The minimum absolute atomic E-state index is 0.180. The van der Waals surface area contributed by atoms with E-state index >= 15 is 0 Å². The Morgan fingerprint density at radius 1 is 1.62 bits per heavy atom. The second kappa shape index (κ2) is 5.30. The number of ether oxygens (including phenoxy) is 1. The van der Waals surface area contributed by atoms with E-state index in [-0.39, 0.29) is 6.09 Å². The summed E-state index contributed by atoms with van der Waals surface area (Å²) < 4.78 is 4.98. The SMILES string of the molecule is CCOC(=O)N1CCC(c2nccs2)CC1. The van der Waals surface area contributed by atoms with Gasteiger partial charge in [-0.15, -0.1) is 11.3 Å². The van der Waals surface area contributed by atoms with Gasteiger partial charge in [0.05, 0.1) is 11.6 Å². The highest BCUT2D eigenvalue weighted by molar-refractivity contribution is 7.09. The first kappa shape index (κ1) is 11.4. The smallest absolute Gasteiger partial charge is 0.409 e. The monoisotopic (exact) mass is 240 g/mol. The molecular formula is C11H16N2O2S. The summed E-state index contributed by atoms with van der Waals surface area (Å²) >= 11 is 1.70. The third kappa shape index (κ3) is 2.52. The lowest BCUT2D eigenvalue weighted by atomic mass is 9.98. The summed E-state index contributed by atoms with van der Waals surface area (Å²) in [7, 11) is 0. The first-order valence-corrected chi connectivity index (χ1v) is 6.50. The van der Waals surface area contributed by atoms with Crippen LogP contribution in [0.1, 0.15) is 30.7 Å². The summed E-state index contributed by atoms with van der Waals surface area (Å²) in [5.41, 5.74) is 0. The maximum Gasteiger partial charge on any atom is 0.409 e. The largest absolute Gasteiger partial charge is 0.450 e. The van der Waals surface area contributed by atoms with E-state index in [4.69, 9.17) is 4.74 Å². The number of nitrogens with zero attached hydrogens (tertiary/aromatic N) is 2. The Morgan fingerprint density at radius 3 is 2.94 bits per heavy atom. The van der Waals surface area contributed by atoms with Gasteiger partial charge in [0.15, 0.2) is 0 Å². The molecule has 0 unspecified atom stereocenters. The van der Waals surface area contributed by atoms with E-state index in [2.05, 4.69) is 4.98 Å². The molecule has 1 aliphatic heterocycles. The number of hydrogen-bond acceptors (Lipinski definition) is 4. The van der Waals surface area contributed by atoms with Crippen molar-refractivity contribution in [2.75, 3.05) is 19.7 Å². The number of likely N-dealkylation sites (tertiary alicyclic amines) is 1. The average Bonchev–Trinajstić information content (AvgIpc) is 2.83. The minimum atomic E-state index is -0.180. The summed E-state index contributed by atoms with van der Waals surface area (Å²) in [5.74, 6) is 0.519. The minimum Gasteiger partial charge on any atom is -0.450 e. The van der Waals surface area contributed by atoms with Crippen molar-refractivity contribution in [2.45, 2.75) is 25.7 Å². The van der Waals surface area contributed by atoms with Crippen molar-refractivity contribution >= 4 is 17.4 Å². The van der Waals surface area contributed by atoms with Crippen molar-refractivity contribution in [3.63, 3.8) is 0 Å². The first-order chi connectivity index (χ1) is 7.81. The van der Waals surface area contributed by atoms with Crippen LogP contribution in [0.2, 0.25) is 0 Å². The Balaban J connectivity index is 1.85. The molecule has 1 amide bonds. The molecule has 5 heteroatoms. The number of thiazole rings is 1. The highest BCUT2D eigenvalue weighted by Crippen LogP contribution is 2.29. The van der Waals surface area contributed by atoms with Gasteiger partial charge in [0.2, 0.25) is 0 Å². The Morgan fingerprint density at radius 2 is 2.38 bits per heavy atom. The van der Waals surface area contributed by atoms with Crippen LogP contribution in [-0.4, -0.2) is 35.7 Å². The second-order valence-corrected chi connectivity index (χ2v) is 4.76. The Hall–Kier alpha value is -1.10. The lowest BCUT2D eigenvalue weighted by Gasteiger charge is -2.30. The number of amides is 1. The summed E-state index contributed by atoms with van der Waals surface area (Å²) in [5, 5.41) is 3.20. The maximum absolute atomic E-state index is 11.5. The fourth-order valence-corrected chi connectivity index (χ4v) is 2.77. The van der Waals surface area contributed by atoms with E-state index < -0.39 is 0 Å². The van der Waals surface area contributed by atoms with Gasteiger partial charge in [-0.05, 0) is 19.8 Å². The van der Waals surface area contributed by atoms with Gasteiger partial charge in [-0.2, -0.15) is 0 Å². The van der Waals surface area contributed by atoms with Crippen molar-refractivity contribution in [1.29, 1.82) is 0 Å². The van der Waals surface area contributed by atoms with Crippen LogP contribution in [0.5, 0.6) is 0 Å². The summed E-state index contributed by atoms with van der Waals surface area (Å²) in [6.07, 6.45) is 3.65. The Labute approximate surface area is 99.2 Å². The standard InChI is InChI=1S/C11H16N2O2S/c1-2-15-11(14)13-6-3-9(4-7-13)10-12-5-8-16-10/h5,8-9H,2-4,6-7H2,1H3. The summed E-state index contributed by atoms with van der Waals surface area (Å²) in [6, 6.07) is 0. The van der Waals surface area contributed by atoms with Crippen LogP contribution in [0.4, 0.5) is 4.79 Å². The van der Waals surface area contributed by atoms with Crippen molar-refractivity contribution in [1.82, 2.24) is 9.88 Å². The predicted molar refractivity (Wildman–Crippen MR) is 62.7 cm³/mol. The predicted octanol–water partition coefficient (Wildman–Crippen LogP) is 2.48. The molecule has 0 radical (unpaired) electrons. The van der Waals surface area contributed by atoms with E-state index in [1.807, 2.05) is 18.5 Å². The molecule has 0 N–H and O–H groups in total. The van der Waals surface area contributed by atoms with Crippen LogP contribution >= 0.6 is 11.3 Å². The molecule has 0 atom stereocenters. The molecule has 88 valence electrons. The second-order valence-electron chi connectivity index (χ2n) is 3.83. The van der Waals surface area contributed by atoms with Crippen LogP contribution in [0.15, 0.2) is 11.6 Å². The van der Waals surface area contributed by atoms with Gasteiger partial charge in [-0.25, -0.2) is 9.78 Å². The van der Waals surface area contributed by atoms with Crippen LogP contribution in [-0.2, 0) is 4.74 Å². The van der Waals surface area contributed by atoms with E-state index in [0.717, 1.165) is 25.9 Å². The number of hydrogen-bond donors (Lipinski definition) is 0. The zero-order valence-corrected chi connectivity index (χ0v) is 10.2. The molecule has 0 saturated carbocycles. The quantitative estimate of drug-likeness (QED) is 0.797. The number of carbonyl (C=O) groups excluding carboxylic acids is 1. The molecule has 2 heterocycles. The third-order valence-electron chi connectivity index (χ3n) is 2.82. The lowest BCUT2D eigenvalue weighted by molar-refractivity contribution is 0.0970. The van der Waals surface area contributed by atoms with E-state index in [1.165, 1.54) is 5.01 Å². The van der Waals surface area contributed by atoms with Gasteiger partial charge >= 0.3 is 6.09 Å². The summed E-state index contributed by atoms with van der Waals surface area (Å²) in [6.45, 7) is 3.84. The average molecular weight is 240 g/mol. The van der Waals surface area contributed by atoms with E-state index in [1.54, 1.807) is 16.2 Å². The van der Waals surface area contributed by atoms with E-state index in [9.17, 15) is 4.79 Å². The molecule has 16 heavy (non-hydrogen) atoms. The highest BCUT2D eigenvalue weighted by atomic mass is 32.1. The van der Waals surface area contributed by atoms with Crippen LogP contribution in [0.25, 0.3) is 0 Å². The van der Waals surface area contributed by atoms with Gasteiger partial charge in [-0.1, -0.05) is 0 Å². The van der Waals surface area contributed by atoms with Gasteiger partial charge < -0.3 is 9.64 Å². The van der Waals surface area contributed by atoms with Gasteiger partial charge in [0.1, 0.15) is 0 Å². The van der Waals surface area contributed by atoms with Crippen molar-refractivity contribution in [3.8, 4) is 0 Å². The van der Waals surface area contributed by atoms with Crippen molar-refractivity contribution < 1.29 is 9.53 Å². The van der Waals surface area contributed by atoms with E-state index in [0.29, 0.717) is 12.5 Å². The molecule has 0 bridgehead atoms. The first-order valence-electron chi connectivity index (χ1n) is 5.62. The van der Waals surface area contributed by atoms with Crippen LogP contribution < -0.4 is 0 Å². The topological polar surface area (TPSA) is 42.4 Å². The molecule has 1 aromatic heterocycles. The van der Waals surface area contributed by atoms with Gasteiger partial charge in [0.25, 0.3) is 0 Å². The fraction of sp³-hybridized carbons (Fsp3) is 0.636. The molecule has 1 saturated heterocycles. The molecule has 1 aliphatic rings. The third-order valence-corrected chi connectivity index (χ3v) is 3.76. The van der Waals surface area contributed by atoms with Crippen LogP contribution in [0, 0.1) is 0 Å². The van der Waals surface area contributed by atoms with Crippen molar-refractivity contribution in [2.24, 2.45) is 0 Å². The molecule has 0 aromatic carbocycles. The number of rotatable bonds is 2. The maximum atomic E-state index is 11.5. The molecule has 1 fully saturated rings. The molecular weight excluding hydrogens is 224 g/mol. The molecule has 2 rings (SSSR count). The molecule has 4 nitrogen and oxygen atoms in total.